The first-order chi connectivity index (χ1) is 10.6. The number of hydrogen-bond donors (Lipinski definition) is 5. The van der Waals surface area contributed by atoms with Crippen LogP contribution in [0, 0.1) is 0 Å². The molecule has 11 heteroatoms. The largest absolute Gasteiger partial charge is 0.394 e. The fraction of sp³-hybridized carbons (Fsp3) is 0.545. The molecule has 3 rings (SSSR count). The van der Waals surface area contributed by atoms with Gasteiger partial charge < -0.3 is 25.8 Å². The van der Waals surface area contributed by atoms with Crippen molar-refractivity contribution in [3.05, 3.63) is 6.33 Å². The number of anilines is 2. The molecule has 0 bridgehead atoms. The normalized spacial score (nSPS) is 28.4. The first kappa shape index (κ1) is 14.9. The number of fused-ring (bicyclic) bond motifs is 1. The van der Waals surface area contributed by atoms with Crippen molar-refractivity contribution in [2.24, 2.45) is 0 Å². The molecule has 0 amide bonds. The van der Waals surface area contributed by atoms with Gasteiger partial charge >= 0.3 is 0 Å². The highest BCUT2D eigenvalue weighted by Crippen LogP contribution is 2.32. The summed E-state index contributed by atoms with van der Waals surface area (Å²) >= 11 is 0. The standard InChI is InChI=1S/C11H16N6O5/c1-21-16-8-5-9(15-11(12)14-8)17(3-13-5)10-7(20)6(19)4(2-18)22-10/h3-4,6-7,10,18-20H,2H2,1H3,(H3,12,14,15,16)/t4-,6-,7-,10-/m1/s1/i11+1,12+1,14+1. The number of nitrogens with two attached hydrogens (primary N) is 1. The molecule has 0 spiro atoms. The van der Waals surface area contributed by atoms with E-state index in [1.165, 1.54) is 18.0 Å². The van der Waals surface area contributed by atoms with Crippen LogP contribution in [0.4, 0.5) is 11.8 Å². The fourth-order valence-electron chi connectivity index (χ4n) is 2.40. The molecule has 0 unspecified atom stereocenters. The van der Waals surface area contributed by atoms with Gasteiger partial charge in [0.1, 0.15) is 18.3 Å². The molecule has 2 aromatic rings. The van der Waals surface area contributed by atoms with Gasteiger partial charge in [-0.3, -0.25) is 9.40 Å². The molecule has 0 aromatic carbocycles. The van der Waals surface area contributed by atoms with E-state index in [4.69, 9.17) is 20.4 Å². The first-order valence-corrected chi connectivity index (χ1v) is 6.48. The van der Waals surface area contributed by atoms with Crippen LogP contribution in [-0.2, 0) is 9.57 Å². The number of hydrogen-bond acceptors (Lipinski definition) is 10. The Labute approximate surface area is 124 Å². The summed E-state index contributed by atoms with van der Waals surface area (Å²) in [5.41, 5.74) is 8.83. The van der Waals surface area contributed by atoms with E-state index in [2.05, 4.69) is 20.4 Å². The number of aromatic nitrogens is 4. The zero-order valence-electron chi connectivity index (χ0n) is 11.6. The SMILES string of the molecule is CONc1[15n][13c]([15NH2])nc2c1ncn2[C@@H]1O[C@H](CO)[C@@H](O)[C@H]1O. The molecular formula is C11H16N6O5. The summed E-state index contributed by atoms with van der Waals surface area (Å²) < 4.78 is 6.86. The molecule has 4 atom stereocenters. The maximum Gasteiger partial charge on any atom is 0.224 e. The van der Waals surface area contributed by atoms with Crippen molar-refractivity contribution >= 4 is 22.9 Å². The van der Waals surface area contributed by atoms with E-state index in [0.717, 1.165) is 0 Å². The summed E-state index contributed by atoms with van der Waals surface area (Å²) in [5.74, 6) is 0.232. The fourth-order valence-corrected chi connectivity index (χ4v) is 2.40. The Morgan fingerprint density at radius 3 is 2.82 bits per heavy atom. The van der Waals surface area contributed by atoms with E-state index in [-0.39, 0.29) is 11.8 Å². The molecule has 1 aliphatic rings. The van der Waals surface area contributed by atoms with Gasteiger partial charge in [0.25, 0.3) is 0 Å². The van der Waals surface area contributed by atoms with E-state index < -0.39 is 31.1 Å². The van der Waals surface area contributed by atoms with Gasteiger partial charge in [-0.05, 0) is 0 Å². The van der Waals surface area contributed by atoms with Crippen LogP contribution >= 0.6 is 0 Å². The highest BCUT2D eigenvalue weighted by Gasteiger charge is 2.44. The Hall–Kier alpha value is -2.05. The molecular weight excluding hydrogens is 299 g/mol. The van der Waals surface area contributed by atoms with Crippen molar-refractivity contribution < 1.29 is 24.9 Å². The van der Waals surface area contributed by atoms with Gasteiger partial charge in [0, 0.05) is 0 Å². The lowest BCUT2D eigenvalue weighted by Gasteiger charge is -2.16. The number of nitrogens with one attached hydrogen (secondary N) is 1. The number of ether oxygens (including phenoxy) is 1. The summed E-state index contributed by atoms with van der Waals surface area (Å²) in [6.07, 6.45) is -2.94. The summed E-state index contributed by atoms with van der Waals surface area (Å²) in [6.45, 7) is -0.422. The van der Waals surface area contributed by atoms with E-state index >= 15 is 0 Å². The third kappa shape index (κ3) is 2.24. The van der Waals surface area contributed by atoms with Crippen molar-refractivity contribution in [2.45, 2.75) is 24.5 Å². The molecule has 2 aromatic heterocycles. The molecule has 0 aliphatic carbocycles. The Bertz CT molecular complexity index is 678. The Morgan fingerprint density at radius 1 is 1.41 bits per heavy atom. The maximum absolute atomic E-state index is 10.1. The summed E-state index contributed by atoms with van der Waals surface area (Å²) in [6, 6.07) is 0. The second-order valence-corrected chi connectivity index (χ2v) is 4.79. The summed E-state index contributed by atoms with van der Waals surface area (Å²) in [5, 5.41) is 29.1. The molecule has 1 aliphatic heterocycles. The van der Waals surface area contributed by atoms with E-state index in [1.807, 2.05) is 0 Å². The van der Waals surface area contributed by atoms with E-state index in [1.54, 1.807) is 0 Å². The van der Waals surface area contributed by atoms with Crippen LogP contribution in [-0.4, -0.2) is 66.9 Å². The van der Waals surface area contributed by atoms with Gasteiger partial charge in [0.15, 0.2) is 23.2 Å². The van der Waals surface area contributed by atoms with Crippen molar-refractivity contribution in [1.29, 1.82) is 0 Å². The number of imidazole rings is 1. The van der Waals surface area contributed by atoms with Crippen LogP contribution in [0.15, 0.2) is 6.33 Å². The molecule has 22 heavy (non-hydrogen) atoms. The average molecular weight is 315 g/mol. The van der Waals surface area contributed by atoms with Crippen LogP contribution in [0.3, 0.4) is 0 Å². The van der Waals surface area contributed by atoms with Crippen LogP contribution < -0.4 is 11.2 Å². The Balaban J connectivity index is 2.05. The van der Waals surface area contributed by atoms with Crippen LogP contribution in [0.25, 0.3) is 11.2 Å². The zero-order chi connectivity index (χ0) is 15.9. The minimum atomic E-state index is -1.25. The van der Waals surface area contributed by atoms with Crippen LogP contribution in [0.2, 0.25) is 0 Å². The second-order valence-electron chi connectivity index (χ2n) is 4.79. The van der Waals surface area contributed by atoms with Crippen LogP contribution in [0.1, 0.15) is 6.23 Å². The number of nitrogens with zero attached hydrogens (tertiary/aromatic N) is 4. The van der Waals surface area contributed by atoms with Crippen molar-refractivity contribution in [3.8, 4) is 0 Å². The van der Waals surface area contributed by atoms with Gasteiger partial charge in [0.05, 0.1) is 20.0 Å². The molecule has 0 radical (unpaired) electrons. The highest BCUT2D eigenvalue weighted by molar-refractivity contribution is 5.83. The molecule has 0 saturated carbocycles. The first-order valence-electron chi connectivity index (χ1n) is 6.48. The van der Waals surface area contributed by atoms with Gasteiger partial charge in [0.2, 0.25) is 5.95 Å². The summed E-state index contributed by atoms with van der Waals surface area (Å²) in [4.78, 5) is 17.0. The smallest absolute Gasteiger partial charge is 0.224 e. The van der Waals surface area contributed by atoms with Crippen molar-refractivity contribution in [3.63, 3.8) is 0 Å². The number of nitrogen functional groups attached to an aromatic ring is 1. The minimum Gasteiger partial charge on any atom is -0.394 e. The second kappa shape index (κ2) is 5.62. The number of aliphatic hydroxyl groups excluding tert-OH is 3. The predicted octanol–water partition coefficient (Wildman–Crippen LogP) is -2.01. The molecule has 1 fully saturated rings. The predicted molar refractivity (Wildman–Crippen MR) is 73.4 cm³/mol. The molecule has 11 nitrogen and oxygen atoms in total. The quantitative estimate of drug-likeness (QED) is 0.315. The molecule has 1 saturated heterocycles. The number of rotatable bonds is 4. The lowest BCUT2D eigenvalue weighted by atomic mass is 10.1. The number of aliphatic hydroxyl groups is 3. The molecule has 120 valence electrons. The Morgan fingerprint density at radius 2 is 2.18 bits per heavy atom. The third-order valence-corrected chi connectivity index (χ3v) is 3.43. The molecule has 6 N–H and O–H groups in total. The molecule has 3 heterocycles. The lowest BCUT2D eigenvalue weighted by molar-refractivity contribution is -0.0511. The van der Waals surface area contributed by atoms with E-state index in [9.17, 15) is 10.2 Å². The maximum atomic E-state index is 10.1. The lowest BCUT2D eigenvalue weighted by Crippen LogP contribution is -2.33. The van der Waals surface area contributed by atoms with E-state index in [0.29, 0.717) is 11.2 Å². The third-order valence-electron chi connectivity index (χ3n) is 3.43. The topological polar surface area (TPSA) is 161 Å². The minimum absolute atomic E-state index is 0.0273. The van der Waals surface area contributed by atoms with Crippen molar-refractivity contribution in [2.75, 3.05) is 24.9 Å². The average Bonchev–Trinajstić information content (AvgIpc) is 3.02. The monoisotopic (exact) mass is 315 g/mol. The van der Waals surface area contributed by atoms with Gasteiger partial charge in [-0.2, -0.15) is 9.97 Å². The zero-order valence-corrected chi connectivity index (χ0v) is 11.6. The van der Waals surface area contributed by atoms with Crippen molar-refractivity contribution in [1.82, 2.24) is 19.5 Å². The Kier molecular flexibility index (Phi) is 3.80. The van der Waals surface area contributed by atoms with Crippen LogP contribution in [0.5, 0.6) is 0 Å². The van der Waals surface area contributed by atoms with Gasteiger partial charge in [-0.25, -0.2) is 10.5 Å². The van der Waals surface area contributed by atoms with Gasteiger partial charge in [-0.15, -0.1) is 0 Å². The highest BCUT2D eigenvalue weighted by atomic mass is 16.6. The van der Waals surface area contributed by atoms with Gasteiger partial charge in [-0.1, -0.05) is 0 Å². The summed E-state index contributed by atoms with van der Waals surface area (Å²) in [7, 11) is 1.41.